The van der Waals surface area contributed by atoms with E-state index in [1.165, 1.54) is 6.92 Å². The summed E-state index contributed by atoms with van der Waals surface area (Å²) < 4.78 is 25.0. The van der Waals surface area contributed by atoms with E-state index < -0.39 is 24.5 Å². The molecule has 0 radical (unpaired) electrons. The van der Waals surface area contributed by atoms with Gasteiger partial charge in [-0.15, -0.1) is 0 Å². The molecule has 0 aliphatic carbocycles. The van der Waals surface area contributed by atoms with Gasteiger partial charge in [0.05, 0.1) is 5.41 Å². The van der Waals surface area contributed by atoms with Gasteiger partial charge >= 0.3 is 0 Å². The molecule has 0 amide bonds. The lowest BCUT2D eigenvalue weighted by Gasteiger charge is -2.16. The molecule has 0 fully saturated rings. The van der Waals surface area contributed by atoms with Gasteiger partial charge in [-0.3, -0.25) is 4.79 Å². The van der Waals surface area contributed by atoms with Gasteiger partial charge in [-0.05, 0) is 25.0 Å². The average molecular weight is 222 g/mol. The van der Waals surface area contributed by atoms with Crippen LogP contribution in [0.2, 0.25) is 0 Å². The first-order valence-corrected chi connectivity index (χ1v) is 4.86. The standard InChI is InChI=1S/C13H12F2O/c1-13(9-14,10-15)12(16)8-7-11-5-3-2-4-6-11/h2-6H,9-10H2,1H3. The van der Waals surface area contributed by atoms with E-state index in [2.05, 4.69) is 11.8 Å². The van der Waals surface area contributed by atoms with Crippen LogP contribution in [0.25, 0.3) is 0 Å². The van der Waals surface area contributed by atoms with Crippen molar-refractivity contribution in [3.05, 3.63) is 35.9 Å². The molecule has 0 bridgehead atoms. The van der Waals surface area contributed by atoms with Crippen LogP contribution in [0.5, 0.6) is 0 Å². The van der Waals surface area contributed by atoms with Crippen LogP contribution in [0.1, 0.15) is 12.5 Å². The van der Waals surface area contributed by atoms with Crippen molar-refractivity contribution in [1.29, 1.82) is 0 Å². The van der Waals surface area contributed by atoms with Crippen LogP contribution in [0.4, 0.5) is 8.78 Å². The van der Waals surface area contributed by atoms with Gasteiger partial charge in [0.2, 0.25) is 5.78 Å². The third-order valence-electron chi connectivity index (χ3n) is 2.23. The maximum absolute atomic E-state index is 12.5. The van der Waals surface area contributed by atoms with Gasteiger partial charge in [-0.1, -0.05) is 24.1 Å². The fourth-order valence-corrected chi connectivity index (χ4v) is 0.958. The Morgan fingerprint density at radius 1 is 1.25 bits per heavy atom. The molecule has 3 heteroatoms. The summed E-state index contributed by atoms with van der Waals surface area (Å²) in [5.41, 5.74) is -0.974. The Bertz CT molecular complexity index is 411. The number of halogens is 2. The third kappa shape index (κ3) is 2.90. The highest BCUT2D eigenvalue weighted by molar-refractivity contribution is 6.00. The van der Waals surface area contributed by atoms with Gasteiger partial charge in [-0.25, -0.2) is 8.78 Å². The second kappa shape index (κ2) is 5.41. The summed E-state index contributed by atoms with van der Waals surface area (Å²) in [5, 5.41) is 0. The molecule has 84 valence electrons. The molecular weight excluding hydrogens is 210 g/mol. The van der Waals surface area contributed by atoms with Crippen LogP contribution in [-0.4, -0.2) is 19.1 Å². The van der Waals surface area contributed by atoms with Crippen LogP contribution in [0, 0.1) is 17.3 Å². The third-order valence-corrected chi connectivity index (χ3v) is 2.23. The first kappa shape index (κ1) is 12.4. The van der Waals surface area contributed by atoms with Gasteiger partial charge in [0, 0.05) is 5.56 Å². The number of ketones is 1. The maximum Gasteiger partial charge on any atom is 0.216 e. The quantitative estimate of drug-likeness (QED) is 0.718. The Morgan fingerprint density at radius 3 is 2.31 bits per heavy atom. The molecule has 0 saturated heterocycles. The zero-order chi connectivity index (χ0) is 12.0. The van der Waals surface area contributed by atoms with Crippen molar-refractivity contribution in [2.24, 2.45) is 5.41 Å². The Labute approximate surface area is 93.5 Å². The van der Waals surface area contributed by atoms with Crippen molar-refractivity contribution in [2.45, 2.75) is 6.92 Å². The van der Waals surface area contributed by atoms with Gasteiger partial charge in [-0.2, -0.15) is 0 Å². The molecule has 1 aromatic carbocycles. The number of rotatable bonds is 3. The zero-order valence-electron chi connectivity index (χ0n) is 8.97. The smallest absolute Gasteiger partial charge is 0.216 e. The van der Waals surface area contributed by atoms with Crippen molar-refractivity contribution < 1.29 is 13.6 Å². The first-order valence-electron chi connectivity index (χ1n) is 4.86. The average Bonchev–Trinajstić information content (AvgIpc) is 2.36. The Morgan fingerprint density at radius 2 is 1.81 bits per heavy atom. The van der Waals surface area contributed by atoms with Crippen LogP contribution in [0.3, 0.4) is 0 Å². The van der Waals surface area contributed by atoms with E-state index in [9.17, 15) is 13.6 Å². The van der Waals surface area contributed by atoms with E-state index in [4.69, 9.17) is 0 Å². The zero-order valence-corrected chi connectivity index (χ0v) is 8.97. The molecule has 16 heavy (non-hydrogen) atoms. The number of carbonyl (C=O) groups is 1. The van der Waals surface area contributed by atoms with E-state index in [-0.39, 0.29) is 0 Å². The minimum atomic E-state index is -1.62. The van der Waals surface area contributed by atoms with Gasteiger partial charge in [0.15, 0.2) is 0 Å². The normalized spacial score (nSPS) is 10.4. The van der Waals surface area contributed by atoms with Gasteiger partial charge in [0.1, 0.15) is 13.3 Å². The van der Waals surface area contributed by atoms with Crippen LogP contribution in [-0.2, 0) is 4.79 Å². The molecule has 0 aromatic heterocycles. The number of benzene rings is 1. The number of carbonyl (C=O) groups excluding carboxylic acids is 1. The molecule has 0 aliphatic rings. The Kier molecular flexibility index (Phi) is 4.19. The SMILES string of the molecule is CC(CF)(CF)C(=O)C#Cc1ccccc1. The summed E-state index contributed by atoms with van der Waals surface area (Å²) in [6, 6.07) is 8.82. The summed E-state index contributed by atoms with van der Waals surface area (Å²) in [4.78, 5) is 11.4. The second-order valence-electron chi connectivity index (χ2n) is 3.77. The van der Waals surface area contributed by atoms with Crippen molar-refractivity contribution in [1.82, 2.24) is 0 Å². The van der Waals surface area contributed by atoms with E-state index >= 15 is 0 Å². The number of alkyl halides is 2. The molecule has 1 nitrogen and oxygen atoms in total. The molecular formula is C13H12F2O. The molecule has 0 atom stereocenters. The van der Waals surface area contributed by atoms with Gasteiger partial charge in [0.25, 0.3) is 0 Å². The predicted molar refractivity (Wildman–Crippen MR) is 58.4 cm³/mol. The summed E-state index contributed by atoms with van der Waals surface area (Å²) in [7, 11) is 0. The highest BCUT2D eigenvalue weighted by atomic mass is 19.1. The summed E-state index contributed by atoms with van der Waals surface area (Å²) in [6.45, 7) is -0.841. The molecule has 1 rings (SSSR count). The van der Waals surface area contributed by atoms with Crippen molar-refractivity contribution in [3.8, 4) is 11.8 Å². The topological polar surface area (TPSA) is 17.1 Å². The monoisotopic (exact) mass is 222 g/mol. The van der Waals surface area contributed by atoms with Crippen LogP contribution in [0.15, 0.2) is 30.3 Å². The van der Waals surface area contributed by atoms with E-state index in [0.29, 0.717) is 5.56 Å². The van der Waals surface area contributed by atoms with Crippen molar-refractivity contribution in [3.63, 3.8) is 0 Å². The molecule has 0 N–H and O–H groups in total. The molecule has 0 heterocycles. The lowest BCUT2D eigenvalue weighted by Crippen LogP contribution is -2.31. The molecule has 0 aliphatic heterocycles. The minimum Gasteiger partial charge on any atom is -0.284 e. The van der Waals surface area contributed by atoms with Crippen molar-refractivity contribution in [2.75, 3.05) is 13.3 Å². The summed E-state index contributed by atoms with van der Waals surface area (Å²) in [6.07, 6.45) is 0. The van der Waals surface area contributed by atoms with E-state index in [1.54, 1.807) is 24.3 Å². The Balaban J connectivity index is 2.83. The lowest BCUT2D eigenvalue weighted by molar-refractivity contribution is -0.123. The highest BCUT2D eigenvalue weighted by Gasteiger charge is 2.32. The number of hydrogen-bond acceptors (Lipinski definition) is 1. The second-order valence-corrected chi connectivity index (χ2v) is 3.77. The fraction of sp³-hybridized carbons (Fsp3) is 0.308. The minimum absolute atomic E-state index is 0.649. The molecule has 1 aromatic rings. The lowest BCUT2D eigenvalue weighted by atomic mass is 9.89. The first-order chi connectivity index (χ1) is 7.62. The van der Waals surface area contributed by atoms with Gasteiger partial charge < -0.3 is 0 Å². The number of hydrogen-bond donors (Lipinski definition) is 0. The fourth-order valence-electron chi connectivity index (χ4n) is 0.958. The van der Waals surface area contributed by atoms with E-state index in [1.807, 2.05) is 6.07 Å². The summed E-state index contributed by atoms with van der Waals surface area (Å²) in [5.74, 6) is 4.15. The predicted octanol–water partition coefficient (Wildman–Crippen LogP) is 2.55. The largest absolute Gasteiger partial charge is 0.284 e. The number of Topliss-reactive ketones (excluding diaryl/α,β-unsaturated/α-hetero) is 1. The maximum atomic E-state index is 12.5. The summed E-state index contributed by atoms with van der Waals surface area (Å²) >= 11 is 0. The van der Waals surface area contributed by atoms with Crippen LogP contribution < -0.4 is 0 Å². The Hall–Kier alpha value is -1.69. The van der Waals surface area contributed by atoms with E-state index in [0.717, 1.165) is 0 Å². The van der Waals surface area contributed by atoms with Crippen molar-refractivity contribution >= 4 is 5.78 Å². The molecule has 0 spiro atoms. The molecule has 0 saturated carbocycles. The highest BCUT2D eigenvalue weighted by Crippen LogP contribution is 2.18. The van der Waals surface area contributed by atoms with Crippen LogP contribution >= 0.6 is 0 Å². The molecule has 0 unspecified atom stereocenters.